The zero-order valence-corrected chi connectivity index (χ0v) is 17.5. The van der Waals surface area contributed by atoms with Crippen molar-refractivity contribution in [1.29, 1.82) is 0 Å². The van der Waals surface area contributed by atoms with Gasteiger partial charge in [0.25, 0.3) is 0 Å². The number of ether oxygens (including phenoxy) is 2. The Hall–Kier alpha value is -2.91. The van der Waals surface area contributed by atoms with Gasteiger partial charge in [0.1, 0.15) is 11.5 Å². The lowest BCUT2D eigenvalue weighted by atomic mass is 10.2. The Labute approximate surface area is 175 Å². The van der Waals surface area contributed by atoms with Crippen LogP contribution in [-0.2, 0) is 4.79 Å². The fraction of sp³-hybridized carbons (Fsp3) is 0.211. The maximum absolute atomic E-state index is 12.4. The average Bonchev–Trinajstić information content (AvgIpc) is 3.07. The van der Waals surface area contributed by atoms with Crippen molar-refractivity contribution in [2.75, 3.05) is 25.3 Å². The van der Waals surface area contributed by atoms with E-state index in [-0.39, 0.29) is 16.7 Å². The summed E-state index contributed by atoms with van der Waals surface area (Å²) in [5.74, 6) is 0.465. The molecular weight excluding hydrogens is 418 g/mol. The number of rotatable bonds is 7. The molecule has 0 spiro atoms. The molecule has 10 heteroatoms. The minimum Gasteiger partial charge on any atom is -0.495 e. The minimum absolute atomic E-state index is 0.0265. The predicted octanol–water partition coefficient (Wildman–Crippen LogP) is 2.95. The summed E-state index contributed by atoms with van der Waals surface area (Å²) in [5.41, 5.74) is 1.64. The van der Waals surface area contributed by atoms with Gasteiger partial charge in [-0.25, -0.2) is 4.79 Å². The molecule has 0 unspecified atom stereocenters. The van der Waals surface area contributed by atoms with Crippen LogP contribution in [0.4, 0.5) is 5.69 Å². The van der Waals surface area contributed by atoms with Crippen molar-refractivity contribution in [3.05, 3.63) is 57.4 Å². The average molecular weight is 437 g/mol. The monoisotopic (exact) mass is 436 g/mol. The molecule has 0 aliphatic carbocycles. The minimum atomic E-state index is -0.562. The van der Waals surface area contributed by atoms with Crippen LogP contribution in [0, 0.1) is 6.92 Å². The number of carbonyl (C=O) groups is 1. The predicted molar refractivity (Wildman–Crippen MR) is 110 cm³/mol. The van der Waals surface area contributed by atoms with Gasteiger partial charge >= 0.3 is 10.7 Å². The van der Waals surface area contributed by atoms with E-state index in [0.717, 1.165) is 17.3 Å². The first kappa shape index (κ1) is 20.8. The summed E-state index contributed by atoms with van der Waals surface area (Å²) < 4.78 is 16.8. The van der Waals surface area contributed by atoms with E-state index >= 15 is 0 Å². The number of hydrogen-bond acceptors (Lipinski definition) is 6. The topological polar surface area (TPSA) is 97.4 Å². The van der Waals surface area contributed by atoms with Gasteiger partial charge in [0.05, 0.1) is 30.7 Å². The van der Waals surface area contributed by atoms with Crippen molar-refractivity contribution in [3.8, 4) is 17.2 Å². The molecular formula is C19H19ClN3O5S+. The molecule has 152 valence electrons. The van der Waals surface area contributed by atoms with Crippen molar-refractivity contribution in [2.24, 2.45) is 0 Å². The quantitative estimate of drug-likeness (QED) is 0.436. The molecule has 1 aromatic heterocycles. The van der Waals surface area contributed by atoms with Crippen LogP contribution in [0.25, 0.3) is 5.69 Å². The second kappa shape index (κ2) is 9.06. The van der Waals surface area contributed by atoms with Gasteiger partial charge in [-0.15, -0.1) is 0 Å². The number of amides is 1. The number of benzene rings is 2. The molecule has 0 aliphatic rings. The highest BCUT2D eigenvalue weighted by molar-refractivity contribution is 7.99. The number of nitrogens with one attached hydrogen (secondary N) is 2. The van der Waals surface area contributed by atoms with Crippen LogP contribution < -0.4 is 25.1 Å². The van der Waals surface area contributed by atoms with Crippen LogP contribution in [-0.4, -0.2) is 31.2 Å². The van der Waals surface area contributed by atoms with Gasteiger partial charge in [0.2, 0.25) is 11.6 Å². The molecule has 0 radical (unpaired) electrons. The normalized spacial score (nSPS) is 10.6. The van der Waals surface area contributed by atoms with Gasteiger partial charge in [-0.2, -0.15) is 0 Å². The number of nitrogens with zero attached hydrogens (tertiary/aromatic N) is 1. The zero-order valence-electron chi connectivity index (χ0n) is 15.9. The van der Waals surface area contributed by atoms with Crippen LogP contribution in [0.3, 0.4) is 0 Å². The summed E-state index contributed by atoms with van der Waals surface area (Å²) in [6.45, 7) is 1.96. The number of aromatic nitrogens is 2. The van der Waals surface area contributed by atoms with Gasteiger partial charge in [0, 0.05) is 18.2 Å². The highest BCUT2D eigenvalue weighted by Crippen LogP contribution is 2.35. The number of aryl methyl sites for hydroxylation is 1. The van der Waals surface area contributed by atoms with Gasteiger partial charge in [-0.3, -0.25) is 9.32 Å². The van der Waals surface area contributed by atoms with Gasteiger partial charge in [-0.1, -0.05) is 29.3 Å². The molecule has 0 bridgehead atoms. The maximum Gasteiger partial charge on any atom is 0.442 e. The van der Waals surface area contributed by atoms with Gasteiger partial charge in [0.15, 0.2) is 0 Å². The second-order valence-electron chi connectivity index (χ2n) is 5.98. The SMILES string of the molecule is COc1cc(OC)c(NC(=O)CSc2c(=O)o[nH][n+]2-c2ccc(C)cc2)cc1Cl. The van der Waals surface area contributed by atoms with E-state index in [1.807, 2.05) is 31.2 Å². The molecule has 0 atom stereocenters. The molecule has 2 N–H and O–H groups in total. The van der Waals surface area contributed by atoms with Crippen LogP contribution >= 0.6 is 23.4 Å². The number of carbonyl (C=O) groups excluding carboxylic acids is 1. The molecule has 2 aromatic carbocycles. The van der Waals surface area contributed by atoms with Crippen LogP contribution in [0.15, 0.2) is 50.7 Å². The molecule has 1 heterocycles. The summed E-state index contributed by atoms with van der Waals surface area (Å²) in [6, 6.07) is 10.6. The molecule has 0 saturated carbocycles. The van der Waals surface area contributed by atoms with Crippen molar-refractivity contribution < 1.29 is 23.5 Å². The van der Waals surface area contributed by atoms with Gasteiger partial charge in [-0.05, 0) is 34.7 Å². The Balaban J connectivity index is 1.74. The first-order chi connectivity index (χ1) is 13.9. The Morgan fingerprint density at radius 3 is 2.55 bits per heavy atom. The third kappa shape index (κ3) is 4.75. The Bertz CT molecular complexity index is 1080. The molecule has 0 aliphatic heterocycles. The molecule has 0 saturated heterocycles. The third-order valence-corrected chi connectivity index (χ3v) is 5.31. The number of thioether (sulfide) groups is 1. The van der Waals surface area contributed by atoms with E-state index in [9.17, 15) is 9.59 Å². The second-order valence-corrected chi connectivity index (χ2v) is 7.35. The number of anilines is 1. The molecule has 0 fully saturated rings. The largest absolute Gasteiger partial charge is 0.495 e. The highest BCUT2D eigenvalue weighted by atomic mass is 35.5. The number of H-pyrrole nitrogens is 1. The highest BCUT2D eigenvalue weighted by Gasteiger charge is 2.25. The molecule has 29 heavy (non-hydrogen) atoms. The number of aromatic amines is 1. The Kier molecular flexibility index (Phi) is 6.50. The van der Waals surface area contributed by atoms with Crippen molar-refractivity contribution in [3.63, 3.8) is 0 Å². The van der Waals surface area contributed by atoms with E-state index in [4.69, 9.17) is 25.6 Å². The fourth-order valence-electron chi connectivity index (χ4n) is 2.53. The Morgan fingerprint density at radius 1 is 1.21 bits per heavy atom. The van der Waals surface area contributed by atoms with E-state index in [1.165, 1.54) is 18.9 Å². The summed E-state index contributed by atoms with van der Waals surface area (Å²) in [6.07, 6.45) is 0. The molecule has 3 aromatic rings. The lowest BCUT2D eigenvalue weighted by Crippen LogP contribution is -2.36. The fourth-order valence-corrected chi connectivity index (χ4v) is 3.54. The first-order valence-electron chi connectivity index (χ1n) is 8.47. The standard InChI is InChI=1S/C19H18ClN3O5S/c1-11-4-6-12(7-5-11)23-18(19(25)28-22-23)29-10-17(24)21-14-8-13(20)15(26-2)9-16(14)27-3/h4-9H,10H2,1-3H3,(H-,21,22,24,25)/p+1. The number of hydrogen-bond donors (Lipinski definition) is 2. The lowest BCUT2D eigenvalue weighted by molar-refractivity contribution is -0.704. The lowest BCUT2D eigenvalue weighted by Gasteiger charge is -2.12. The van der Waals surface area contributed by atoms with E-state index in [0.29, 0.717) is 27.9 Å². The number of methoxy groups -OCH3 is 2. The van der Waals surface area contributed by atoms with Gasteiger partial charge < -0.3 is 14.8 Å². The zero-order chi connectivity index (χ0) is 21.0. The van der Waals surface area contributed by atoms with E-state index in [2.05, 4.69) is 10.6 Å². The van der Waals surface area contributed by atoms with Crippen molar-refractivity contribution in [2.45, 2.75) is 11.9 Å². The van der Waals surface area contributed by atoms with E-state index in [1.54, 1.807) is 12.1 Å². The maximum atomic E-state index is 12.4. The smallest absolute Gasteiger partial charge is 0.442 e. The number of halogens is 1. The first-order valence-corrected chi connectivity index (χ1v) is 9.84. The summed E-state index contributed by atoms with van der Waals surface area (Å²) in [4.78, 5) is 24.5. The summed E-state index contributed by atoms with van der Waals surface area (Å²) >= 11 is 7.17. The third-order valence-electron chi connectivity index (χ3n) is 3.99. The van der Waals surface area contributed by atoms with Crippen LogP contribution in [0.5, 0.6) is 11.5 Å². The van der Waals surface area contributed by atoms with Crippen molar-refractivity contribution >= 4 is 35.0 Å². The summed E-state index contributed by atoms with van der Waals surface area (Å²) in [7, 11) is 2.96. The van der Waals surface area contributed by atoms with Crippen molar-refractivity contribution in [1.82, 2.24) is 5.27 Å². The summed E-state index contributed by atoms with van der Waals surface area (Å²) in [5, 5.41) is 5.86. The molecule has 8 nitrogen and oxygen atoms in total. The van der Waals surface area contributed by atoms with Crippen LogP contribution in [0.1, 0.15) is 5.56 Å². The Morgan fingerprint density at radius 2 is 1.90 bits per heavy atom. The van der Waals surface area contributed by atoms with E-state index < -0.39 is 5.63 Å². The molecule has 3 rings (SSSR count). The van der Waals surface area contributed by atoms with Crippen LogP contribution in [0.2, 0.25) is 5.02 Å². The molecule has 1 amide bonds.